The zero-order valence-electron chi connectivity index (χ0n) is 8.96. The molecule has 0 aliphatic heterocycles. The Labute approximate surface area is 79.3 Å². The summed E-state index contributed by atoms with van der Waals surface area (Å²) in [5.74, 6) is -0.527. The van der Waals surface area contributed by atoms with Crippen LogP contribution in [0.15, 0.2) is 12.2 Å². The lowest BCUT2D eigenvalue weighted by molar-refractivity contribution is -0.927. The zero-order valence-corrected chi connectivity index (χ0v) is 8.96. The lowest BCUT2D eigenvalue weighted by atomic mass is 10.4. The summed E-state index contributed by atoms with van der Waals surface area (Å²) in [5.41, 5.74) is 0.327. The number of carbonyl (C=O) groups excluding carboxylic acids is 1. The topological polar surface area (TPSA) is 35.5 Å². The largest absolute Gasteiger partial charge is 0.368 e. The molecular weight excluding hydrogens is 170 g/mol. The lowest BCUT2D eigenvalue weighted by Crippen LogP contribution is -2.45. The van der Waals surface area contributed by atoms with Gasteiger partial charge in [0.05, 0.1) is 21.1 Å². The van der Waals surface area contributed by atoms with Crippen LogP contribution in [0.3, 0.4) is 0 Å². The van der Waals surface area contributed by atoms with E-state index in [1.54, 1.807) is 6.92 Å². The average Bonchev–Trinajstić information content (AvgIpc) is 1.97. The number of carbonyl (C=O) groups is 1. The van der Waals surface area contributed by atoms with Crippen LogP contribution in [0.25, 0.3) is 0 Å². The number of hydrogen-bond donors (Lipinski definition) is 0. The van der Waals surface area contributed by atoms with Gasteiger partial charge in [-0.2, -0.15) is 0 Å². The van der Waals surface area contributed by atoms with Gasteiger partial charge in [-0.15, -0.1) is 4.89 Å². The molecule has 0 amide bonds. The quantitative estimate of drug-likeness (QED) is 0.218. The van der Waals surface area contributed by atoms with Gasteiger partial charge in [-0.3, -0.25) is 4.89 Å². The average molecular weight is 188 g/mol. The molecule has 0 aliphatic carbocycles. The molecule has 0 aromatic carbocycles. The van der Waals surface area contributed by atoms with E-state index in [4.69, 9.17) is 4.89 Å². The standard InChI is InChI=1S/C9H18NO3/c1-7(2)9(11)13-12-8(3)10(4,5)6/h8H,1H2,2-6H3/q+1. The Bertz CT molecular complexity index is 205. The molecule has 0 aliphatic rings. The van der Waals surface area contributed by atoms with Crippen molar-refractivity contribution < 1.29 is 19.1 Å². The maximum atomic E-state index is 10.9. The SMILES string of the molecule is C=C(C)C(=O)OOC(C)[N+](C)(C)C. The molecule has 13 heavy (non-hydrogen) atoms. The summed E-state index contributed by atoms with van der Waals surface area (Å²) in [6.07, 6.45) is -0.205. The predicted octanol–water partition coefficient (Wildman–Crippen LogP) is 1.09. The molecule has 0 N–H and O–H groups in total. The van der Waals surface area contributed by atoms with Crippen molar-refractivity contribution in [3.63, 3.8) is 0 Å². The van der Waals surface area contributed by atoms with Crippen molar-refractivity contribution in [2.45, 2.75) is 20.1 Å². The van der Waals surface area contributed by atoms with Crippen molar-refractivity contribution in [2.75, 3.05) is 21.1 Å². The van der Waals surface area contributed by atoms with Crippen LogP contribution in [-0.4, -0.2) is 37.8 Å². The highest BCUT2D eigenvalue weighted by atomic mass is 17.2. The summed E-state index contributed by atoms with van der Waals surface area (Å²) < 4.78 is 0.559. The van der Waals surface area contributed by atoms with E-state index < -0.39 is 5.97 Å². The van der Waals surface area contributed by atoms with Gasteiger partial charge in [-0.05, 0) is 6.92 Å². The molecule has 0 saturated heterocycles. The first-order valence-corrected chi connectivity index (χ1v) is 4.09. The van der Waals surface area contributed by atoms with E-state index in [1.807, 2.05) is 28.1 Å². The molecule has 1 atom stereocenters. The molecule has 4 nitrogen and oxygen atoms in total. The van der Waals surface area contributed by atoms with Crippen LogP contribution in [0.5, 0.6) is 0 Å². The van der Waals surface area contributed by atoms with Crippen molar-refractivity contribution in [3.8, 4) is 0 Å². The second kappa shape index (κ2) is 4.39. The van der Waals surface area contributed by atoms with Crippen LogP contribution in [-0.2, 0) is 14.6 Å². The molecule has 1 unspecified atom stereocenters. The van der Waals surface area contributed by atoms with Gasteiger partial charge in [0.2, 0.25) is 6.23 Å². The molecule has 0 spiro atoms. The maximum Gasteiger partial charge on any atom is 0.368 e. The molecule has 4 heteroatoms. The Hall–Kier alpha value is -0.870. The van der Waals surface area contributed by atoms with Gasteiger partial charge >= 0.3 is 5.97 Å². The van der Waals surface area contributed by atoms with Gasteiger partial charge in [0.1, 0.15) is 0 Å². The zero-order chi connectivity index (χ0) is 10.6. The van der Waals surface area contributed by atoms with Gasteiger partial charge in [0.25, 0.3) is 0 Å². The highest BCUT2D eigenvalue weighted by Gasteiger charge is 2.21. The molecular formula is C9H18NO3+. The molecule has 76 valence electrons. The van der Waals surface area contributed by atoms with E-state index in [2.05, 4.69) is 11.5 Å². The number of rotatable bonds is 4. The molecule has 0 bridgehead atoms. The summed E-state index contributed by atoms with van der Waals surface area (Å²) in [6.45, 7) is 6.83. The molecule has 0 fully saturated rings. The van der Waals surface area contributed by atoms with E-state index in [-0.39, 0.29) is 6.23 Å². The second-order valence-electron chi connectivity index (χ2n) is 3.96. The van der Waals surface area contributed by atoms with E-state index in [9.17, 15) is 4.79 Å². The van der Waals surface area contributed by atoms with E-state index in [0.717, 1.165) is 0 Å². The van der Waals surface area contributed by atoms with Crippen LogP contribution in [0.1, 0.15) is 13.8 Å². The fourth-order valence-electron chi connectivity index (χ4n) is 0.314. The third kappa shape index (κ3) is 4.65. The van der Waals surface area contributed by atoms with Gasteiger partial charge in [0, 0.05) is 12.5 Å². The van der Waals surface area contributed by atoms with Crippen molar-refractivity contribution in [1.29, 1.82) is 0 Å². The summed E-state index contributed by atoms with van der Waals surface area (Å²) in [6, 6.07) is 0. The Morgan fingerprint density at radius 3 is 2.15 bits per heavy atom. The minimum absolute atomic E-state index is 0.205. The van der Waals surface area contributed by atoms with E-state index in [1.165, 1.54) is 0 Å². The molecule has 0 radical (unpaired) electrons. The minimum atomic E-state index is -0.527. The van der Waals surface area contributed by atoms with Crippen LogP contribution in [0.4, 0.5) is 0 Å². The first-order valence-electron chi connectivity index (χ1n) is 4.09. The molecule has 0 rings (SSSR count). The van der Waals surface area contributed by atoms with Gasteiger partial charge in [0.15, 0.2) is 0 Å². The fraction of sp³-hybridized carbons (Fsp3) is 0.667. The van der Waals surface area contributed by atoms with Crippen molar-refractivity contribution in [3.05, 3.63) is 12.2 Å². The Morgan fingerprint density at radius 1 is 1.38 bits per heavy atom. The van der Waals surface area contributed by atoms with Crippen LogP contribution in [0.2, 0.25) is 0 Å². The summed E-state index contributed by atoms with van der Waals surface area (Å²) in [4.78, 5) is 20.3. The van der Waals surface area contributed by atoms with Gasteiger partial charge < -0.3 is 4.48 Å². The van der Waals surface area contributed by atoms with Gasteiger partial charge in [-0.1, -0.05) is 6.58 Å². The molecule has 0 aromatic heterocycles. The highest BCUT2D eigenvalue weighted by Crippen LogP contribution is 2.05. The fourth-order valence-corrected chi connectivity index (χ4v) is 0.314. The molecule has 0 heterocycles. The number of quaternary nitrogens is 1. The monoisotopic (exact) mass is 188 g/mol. The highest BCUT2D eigenvalue weighted by molar-refractivity contribution is 5.86. The third-order valence-corrected chi connectivity index (χ3v) is 1.70. The predicted molar refractivity (Wildman–Crippen MR) is 49.5 cm³/mol. The van der Waals surface area contributed by atoms with Crippen molar-refractivity contribution >= 4 is 5.97 Å². The first-order chi connectivity index (χ1) is 5.75. The Morgan fingerprint density at radius 2 is 1.85 bits per heavy atom. The van der Waals surface area contributed by atoms with Gasteiger partial charge in [-0.25, -0.2) is 4.79 Å². The Kier molecular flexibility index (Phi) is 4.10. The summed E-state index contributed by atoms with van der Waals surface area (Å²) in [5, 5.41) is 0. The van der Waals surface area contributed by atoms with Crippen molar-refractivity contribution in [2.24, 2.45) is 0 Å². The van der Waals surface area contributed by atoms with Crippen LogP contribution in [0, 0.1) is 0 Å². The smallest absolute Gasteiger partial charge is 0.303 e. The summed E-state index contributed by atoms with van der Waals surface area (Å²) in [7, 11) is 5.83. The van der Waals surface area contributed by atoms with Crippen LogP contribution < -0.4 is 0 Å². The molecule has 0 saturated carbocycles. The maximum absolute atomic E-state index is 10.9. The van der Waals surface area contributed by atoms with Crippen LogP contribution >= 0.6 is 0 Å². The lowest BCUT2D eigenvalue weighted by Gasteiger charge is -2.29. The molecule has 0 aromatic rings. The van der Waals surface area contributed by atoms with E-state index in [0.29, 0.717) is 10.1 Å². The Balaban J connectivity index is 3.91. The third-order valence-electron chi connectivity index (χ3n) is 1.70. The number of hydrogen-bond acceptors (Lipinski definition) is 3. The normalized spacial score (nSPS) is 13.6. The summed E-state index contributed by atoms with van der Waals surface area (Å²) >= 11 is 0. The van der Waals surface area contributed by atoms with Crippen molar-refractivity contribution in [1.82, 2.24) is 0 Å². The second-order valence-corrected chi connectivity index (χ2v) is 3.96. The first kappa shape index (κ1) is 12.1. The number of nitrogens with zero attached hydrogens (tertiary/aromatic N) is 1. The van der Waals surface area contributed by atoms with E-state index >= 15 is 0 Å². The minimum Gasteiger partial charge on any atom is -0.303 e.